The van der Waals surface area contributed by atoms with E-state index < -0.39 is 0 Å². The Morgan fingerprint density at radius 1 is 1.62 bits per heavy atom. The second-order valence-corrected chi connectivity index (χ2v) is 4.12. The molecule has 1 aromatic heterocycles. The molecule has 0 atom stereocenters. The number of carbonyl (C=O) groups is 1. The summed E-state index contributed by atoms with van der Waals surface area (Å²) in [5, 5.41) is 0. The van der Waals surface area contributed by atoms with Crippen molar-refractivity contribution >= 4 is 21.8 Å². The Morgan fingerprint density at radius 3 is 2.94 bits per heavy atom. The quantitative estimate of drug-likeness (QED) is 0.615. The Bertz CT molecular complexity index is 379. The van der Waals surface area contributed by atoms with E-state index in [1.165, 1.54) is 0 Å². The maximum absolute atomic E-state index is 12.0. The van der Waals surface area contributed by atoms with Gasteiger partial charge in [0.1, 0.15) is 10.3 Å². The van der Waals surface area contributed by atoms with Crippen molar-refractivity contribution in [2.45, 2.75) is 13.3 Å². The second kappa shape index (κ2) is 6.43. The van der Waals surface area contributed by atoms with Crippen LogP contribution < -0.4 is 0 Å². The predicted octanol–water partition coefficient (Wildman–Crippen LogP) is 2.88. The highest BCUT2D eigenvalue weighted by atomic mass is 79.9. The third kappa shape index (κ3) is 3.45. The van der Waals surface area contributed by atoms with Gasteiger partial charge in [-0.05, 0) is 41.4 Å². The van der Waals surface area contributed by atoms with Gasteiger partial charge in [0, 0.05) is 13.1 Å². The Morgan fingerprint density at radius 2 is 2.38 bits per heavy atom. The first-order valence-electron chi connectivity index (χ1n) is 5.21. The third-order valence-corrected chi connectivity index (χ3v) is 2.65. The molecular weight excluding hydrogens is 268 g/mol. The molecule has 0 unspecified atom stereocenters. The standard InChI is InChI=1S/C12H15BrN2O/c1-3-5-9-15(4-2)12(16)10-7-6-8-11(13)14-10/h3,6-8H,1,4-5,9H2,2H3. The van der Waals surface area contributed by atoms with Crippen LogP contribution in [0, 0.1) is 0 Å². The summed E-state index contributed by atoms with van der Waals surface area (Å²) in [6, 6.07) is 5.34. The number of carbonyl (C=O) groups excluding carboxylic acids is 1. The monoisotopic (exact) mass is 282 g/mol. The molecule has 4 heteroatoms. The molecule has 1 amide bonds. The van der Waals surface area contributed by atoms with Crippen molar-refractivity contribution in [3.05, 3.63) is 41.2 Å². The van der Waals surface area contributed by atoms with E-state index in [4.69, 9.17) is 0 Å². The van der Waals surface area contributed by atoms with Gasteiger partial charge in [0.2, 0.25) is 0 Å². The van der Waals surface area contributed by atoms with E-state index in [1.54, 1.807) is 17.0 Å². The summed E-state index contributed by atoms with van der Waals surface area (Å²) in [5.74, 6) is -0.0364. The van der Waals surface area contributed by atoms with E-state index in [0.29, 0.717) is 23.4 Å². The smallest absolute Gasteiger partial charge is 0.272 e. The van der Waals surface area contributed by atoms with Gasteiger partial charge in [-0.1, -0.05) is 12.1 Å². The lowest BCUT2D eigenvalue weighted by atomic mass is 10.3. The van der Waals surface area contributed by atoms with Crippen LogP contribution in [0.5, 0.6) is 0 Å². The molecule has 0 saturated carbocycles. The van der Waals surface area contributed by atoms with Crippen molar-refractivity contribution in [3.8, 4) is 0 Å². The van der Waals surface area contributed by atoms with Crippen LogP contribution in [0.4, 0.5) is 0 Å². The first kappa shape index (κ1) is 12.9. The fraction of sp³-hybridized carbons (Fsp3) is 0.333. The summed E-state index contributed by atoms with van der Waals surface area (Å²) in [5.41, 5.74) is 0.472. The van der Waals surface area contributed by atoms with Crippen LogP contribution in [0.2, 0.25) is 0 Å². The van der Waals surface area contributed by atoms with Gasteiger partial charge in [0.25, 0.3) is 5.91 Å². The van der Waals surface area contributed by atoms with Gasteiger partial charge in [0.15, 0.2) is 0 Å². The molecule has 1 aromatic rings. The molecule has 0 saturated heterocycles. The zero-order chi connectivity index (χ0) is 12.0. The minimum Gasteiger partial charge on any atom is -0.337 e. The first-order chi connectivity index (χ1) is 7.69. The van der Waals surface area contributed by atoms with Crippen molar-refractivity contribution in [1.29, 1.82) is 0 Å². The molecule has 1 rings (SSSR count). The van der Waals surface area contributed by atoms with Gasteiger partial charge in [0.05, 0.1) is 0 Å². The lowest BCUT2D eigenvalue weighted by molar-refractivity contribution is 0.0761. The number of nitrogens with zero attached hydrogens (tertiary/aromatic N) is 2. The van der Waals surface area contributed by atoms with Gasteiger partial charge >= 0.3 is 0 Å². The van der Waals surface area contributed by atoms with Gasteiger partial charge in [-0.15, -0.1) is 6.58 Å². The minimum atomic E-state index is -0.0364. The average molecular weight is 283 g/mol. The van der Waals surface area contributed by atoms with Crippen molar-refractivity contribution in [2.24, 2.45) is 0 Å². The molecule has 0 radical (unpaired) electrons. The lowest BCUT2D eigenvalue weighted by Crippen LogP contribution is -2.32. The molecule has 86 valence electrons. The molecular formula is C12H15BrN2O. The zero-order valence-corrected chi connectivity index (χ0v) is 10.9. The molecule has 0 aromatic carbocycles. The van der Waals surface area contributed by atoms with Gasteiger partial charge < -0.3 is 4.90 Å². The molecule has 3 nitrogen and oxygen atoms in total. The van der Waals surface area contributed by atoms with E-state index >= 15 is 0 Å². The van der Waals surface area contributed by atoms with Crippen molar-refractivity contribution in [1.82, 2.24) is 9.88 Å². The molecule has 0 aliphatic heterocycles. The summed E-state index contributed by atoms with van der Waals surface area (Å²) in [7, 11) is 0. The highest BCUT2D eigenvalue weighted by Crippen LogP contribution is 2.09. The fourth-order valence-corrected chi connectivity index (χ4v) is 1.68. The van der Waals surface area contributed by atoms with E-state index in [2.05, 4.69) is 27.5 Å². The molecule has 0 spiro atoms. The van der Waals surface area contributed by atoms with Gasteiger partial charge in [-0.2, -0.15) is 0 Å². The maximum Gasteiger partial charge on any atom is 0.272 e. The molecule has 0 N–H and O–H groups in total. The topological polar surface area (TPSA) is 33.2 Å². The van der Waals surface area contributed by atoms with Crippen LogP contribution in [0.3, 0.4) is 0 Å². The molecule has 0 bridgehead atoms. The Balaban J connectivity index is 2.78. The number of aromatic nitrogens is 1. The van der Waals surface area contributed by atoms with Crippen LogP contribution in [-0.2, 0) is 0 Å². The predicted molar refractivity (Wildman–Crippen MR) is 68.3 cm³/mol. The summed E-state index contributed by atoms with van der Waals surface area (Å²) in [6.45, 7) is 6.98. The number of hydrogen-bond donors (Lipinski definition) is 0. The fourth-order valence-electron chi connectivity index (χ4n) is 1.34. The minimum absolute atomic E-state index is 0.0364. The largest absolute Gasteiger partial charge is 0.337 e. The van der Waals surface area contributed by atoms with E-state index in [9.17, 15) is 4.79 Å². The van der Waals surface area contributed by atoms with E-state index in [1.807, 2.05) is 19.1 Å². The summed E-state index contributed by atoms with van der Waals surface area (Å²) in [4.78, 5) is 18.0. The van der Waals surface area contributed by atoms with Crippen LogP contribution >= 0.6 is 15.9 Å². The van der Waals surface area contributed by atoms with E-state index in [0.717, 1.165) is 6.42 Å². The summed E-state index contributed by atoms with van der Waals surface area (Å²) >= 11 is 3.26. The van der Waals surface area contributed by atoms with Crippen molar-refractivity contribution < 1.29 is 4.79 Å². The SMILES string of the molecule is C=CCCN(CC)C(=O)c1cccc(Br)n1. The highest BCUT2D eigenvalue weighted by molar-refractivity contribution is 9.10. The Hall–Kier alpha value is -1.16. The van der Waals surface area contributed by atoms with Crippen LogP contribution in [-0.4, -0.2) is 28.9 Å². The highest BCUT2D eigenvalue weighted by Gasteiger charge is 2.14. The number of halogens is 1. The molecule has 0 aliphatic carbocycles. The second-order valence-electron chi connectivity index (χ2n) is 3.31. The van der Waals surface area contributed by atoms with Gasteiger partial charge in [-0.25, -0.2) is 4.98 Å². The summed E-state index contributed by atoms with van der Waals surface area (Å²) in [6.07, 6.45) is 2.61. The molecule has 0 aliphatic rings. The third-order valence-electron chi connectivity index (χ3n) is 2.21. The number of hydrogen-bond acceptors (Lipinski definition) is 2. The molecule has 1 heterocycles. The Labute approximate surface area is 104 Å². The lowest BCUT2D eigenvalue weighted by Gasteiger charge is -2.19. The van der Waals surface area contributed by atoms with Crippen LogP contribution in [0.1, 0.15) is 23.8 Å². The molecule has 0 fully saturated rings. The van der Waals surface area contributed by atoms with E-state index in [-0.39, 0.29) is 5.91 Å². The first-order valence-corrected chi connectivity index (χ1v) is 6.01. The van der Waals surface area contributed by atoms with Crippen LogP contribution in [0.15, 0.2) is 35.5 Å². The number of rotatable bonds is 5. The van der Waals surface area contributed by atoms with Crippen molar-refractivity contribution in [2.75, 3.05) is 13.1 Å². The van der Waals surface area contributed by atoms with Crippen LogP contribution in [0.25, 0.3) is 0 Å². The number of pyridine rings is 1. The summed E-state index contributed by atoms with van der Waals surface area (Å²) < 4.78 is 0.679. The van der Waals surface area contributed by atoms with Gasteiger partial charge in [-0.3, -0.25) is 4.79 Å². The maximum atomic E-state index is 12.0. The zero-order valence-electron chi connectivity index (χ0n) is 9.32. The van der Waals surface area contributed by atoms with Crippen molar-refractivity contribution in [3.63, 3.8) is 0 Å². The average Bonchev–Trinajstić information content (AvgIpc) is 2.29. The normalized spacial score (nSPS) is 9.88. The Kier molecular flexibility index (Phi) is 5.19. The number of amides is 1. The molecule has 16 heavy (non-hydrogen) atoms.